The lowest BCUT2D eigenvalue weighted by Crippen LogP contribution is -2.35. The zero-order valence-corrected chi connectivity index (χ0v) is 16.1. The third-order valence-electron chi connectivity index (χ3n) is 4.95. The van der Waals surface area contributed by atoms with Crippen molar-refractivity contribution in [3.05, 3.63) is 74.4 Å². The molecule has 23 heavy (non-hydrogen) atoms. The highest BCUT2D eigenvalue weighted by molar-refractivity contribution is 9.12. The first kappa shape index (κ1) is 15.5. The fourth-order valence-electron chi connectivity index (χ4n) is 3.59. The fourth-order valence-corrected chi connectivity index (χ4v) is 4.20. The van der Waals surface area contributed by atoms with Crippen molar-refractivity contribution in [2.75, 3.05) is 4.90 Å². The molecule has 1 aromatic carbocycles. The lowest BCUT2D eigenvalue weighted by Gasteiger charge is -2.38. The van der Waals surface area contributed by atoms with E-state index in [-0.39, 0.29) is 0 Å². The number of allylic oxidation sites excluding steroid dienone is 6. The van der Waals surface area contributed by atoms with Crippen LogP contribution in [0.25, 0.3) is 0 Å². The predicted molar refractivity (Wildman–Crippen MR) is 105 cm³/mol. The molecule has 0 bridgehead atoms. The van der Waals surface area contributed by atoms with Crippen LogP contribution in [0.2, 0.25) is 0 Å². The first-order valence-electron chi connectivity index (χ1n) is 8.21. The molecule has 1 atom stereocenters. The number of rotatable bonds is 3. The highest BCUT2D eigenvalue weighted by Gasteiger charge is 2.27. The highest BCUT2D eigenvalue weighted by Crippen LogP contribution is 2.41. The zero-order valence-electron chi connectivity index (χ0n) is 12.9. The Balaban J connectivity index is 1.71. The molecular weight excluding hydrogens is 414 g/mol. The largest absolute Gasteiger partial charge is 0.338 e. The predicted octanol–water partition coefficient (Wildman–Crippen LogP) is 6.63. The van der Waals surface area contributed by atoms with Crippen LogP contribution in [0, 0.1) is 0 Å². The molecule has 0 radical (unpaired) electrons. The van der Waals surface area contributed by atoms with Gasteiger partial charge < -0.3 is 4.90 Å². The maximum absolute atomic E-state index is 3.58. The Kier molecular flexibility index (Phi) is 4.33. The second-order valence-corrected chi connectivity index (χ2v) is 8.19. The minimum absolute atomic E-state index is 0.394. The Morgan fingerprint density at radius 1 is 0.957 bits per heavy atom. The van der Waals surface area contributed by atoms with E-state index in [4.69, 9.17) is 0 Å². The number of halogens is 2. The second-order valence-electron chi connectivity index (χ2n) is 6.36. The molecule has 0 saturated heterocycles. The van der Waals surface area contributed by atoms with Crippen molar-refractivity contribution in [3.8, 4) is 0 Å². The minimum Gasteiger partial charge on any atom is -0.338 e. The summed E-state index contributed by atoms with van der Waals surface area (Å²) in [5.74, 6) is 0. The minimum atomic E-state index is 0.394. The Bertz CT molecular complexity index is 737. The third-order valence-corrected chi connectivity index (χ3v) is 6.07. The van der Waals surface area contributed by atoms with E-state index in [0.717, 1.165) is 17.3 Å². The number of hydrogen-bond donors (Lipinski definition) is 0. The average Bonchev–Trinajstić information content (AvgIpc) is 2.53. The van der Waals surface area contributed by atoms with E-state index in [0.29, 0.717) is 6.04 Å². The molecule has 3 aliphatic carbocycles. The van der Waals surface area contributed by atoms with Gasteiger partial charge in [-0.25, -0.2) is 0 Å². The molecular formula is C20H19Br2N. The average molecular weight is 433 g/mol. The standard InChI is InChI=1S/C20H19Br2N/c21-16-4-9-18(10-5-16)23(19-11-6-17(22)7-12-19)20-8-3-14-1-2-15(14)13-20/h4-7,9-11,13,19H,1-3,8,12H2. The Morgan fingerprint density at radius 3 is 2.35 bits per heavy atom. The van der Waals surface area contributed by atoms with Crippen LogP contribution in [-0.2, 0) is 0 Å². The van der Waals surface area contributed by atoms with Gasteiger partial charge in [-0.05, 0) is 68.0 Å². The summed E-state index contributed by atoms with van der Waals surface area (Å²) in [7, 11) is 0. The normalized spacial score (nSPS) is 23.0. The molecule has 4 rings (SSSR count). The molecule has 3 heteroatoms. The molecule has 0 aliphatic heterocycles. The lowest BCUT2D eigenvalue weighted by molar-refractivity contribution is 0.666. The first-order valence-corrected chi connectivity index (χ1v) is 9.79. The summed E-state index contributed by atoms with van der Waals surface area (Å²) < 4.78 is 2.32. The van der Waals surface area contributed by atoms with Gasteiger partial charge in [-0.15, -0.1) is 0 Å². The van der Waals surface area contributed by atoms with E-state index < -0.39 is 0 Å². The van der Waals surface area contributed by atoms with Crippen LogP contribution in [0.15, 0.2) is 74.4 Å². The SMILES string of the molecule is BrC1=CCC(N(C2=CC3=C(CC2)CC3)c2ccc(Br)cc2)C=C1. The lowest BCUT2D eigenvalue weighted by atomic mass is 9.80. The van der Waals surface area contributed by atoms with Gasteiger partial charge >= 0.3 is 0 Å². The van der Waals surface area contributed by atoms with E-state index in [9.17, 15) is 0 Å². The molecule has 1 unspecified atom stereocenters. The molecule has 1 aromatic rings. The van der Waals surface area contributed by atoms with Crippen molar-refractivity contribution in [3.63, 3.8) is 0 Å². The molecule has 0 spiro atoms. The van der Waals surface area contributed by atoms with Crippen LogP contribution in [0.5, 0.6) is 0 Å². The van der Waals surface area contributed by atoms with Crippen LogP contribution < -0.4 is 4.90 Å². The van der Waals surface area contributed by atoms with Gasteiger partial charge in [-0.2, -0.15) is 0 Å². The quantitative estimate of drug-likeness (QED) is 0.517. The van der Waals surface area contributed by atoms with Gasteiger partial charge in [0.05, 0.1) is 6.04 Å². The van der Waals surface area contributed by atoms with E-state index in [2.05, 4.69) is 85.3 Å². The Hall–Kier alpha value is -1.06. The van der Waals surface area contributed by atoms with E-state index in [1.807, 2.05) is 0 Å². The topological polar surface area (TPSA) is 3.24 Å². The van der Waals surface area contributed by atoms with Gasteiger partial charge in [-0.3, -0.25) is 0 Å². The third kappa shape index (κ3) is 3.14. The summed E-state index contributed by atoms with van der Waals surface area (Å²) in [5, 5.41) is 0. The van der Waals surface area contributed by atoms with Crippen LogP contribution in [0.3, 0.4) is 0 Å². The summed E-state index contributed by atoms with van der Waals surface area (Å²) in [5.41, 5.74) is 6.02. The molecule has 118 valence electrons. The maximum atomic E-state index is 3.58. The van der Waals surface area contributed by atoms with E-state index in [1.54, 1.807) is 11.1 Å². The number of hydrogen-bond acceptors (Lipinski definition) is 1. The smallest absolute Gasteiger partial charge is 0.0557 e. The van der Waals surface area contributed by atoms with Gasteiger partial charge in [0.2, 0.25) is 0 Å². The molecule has 1 nitrogen and oxygen atoms in total. The second kappa shape index (κ2) is 6.45. The van der Waals surface area contributed by atoms with Crippen LogP contribution in [-0.4, -0.2) is 6.04 Å². The molecule has 0 aromatic heterocycles. The summed E-state index contributed by atoms with van der Waals surface area (Å²) in [4.78, 5) is 2.53. The van der Waals surface area contributed by atoms with Crippen LogP contribution >= 0.6 is 31.9 Å². The zero-order chi connectivity index (χ0) is 15.8. The molecule has 0 heterocycles. The monoisotopic (exact) mass is 431 g/mol. The summed E-state index contributed by atoms with van der Waals surface area (Å²) in [6.07, 6.45) is 15.2. The Morgan fingerprint density at radius 2 is 1.74 bits per heavy atom. The van der Waals surface area contributed by atoms with E-state index >= 15 is 0 Å². The van der Waals surface area contributed by atoms with Crippen molar-refractivity contribution < 1.29 is 0 Å². The van der Waals surface area contributed by atoms with Crippen molar-refractivity contribution in [1.82, 2.24) is 0 Å². The molecule has 3 aliphatic rings. The number of nitrogens with zero attached hydrogens (tertiary/aromatic N) is 1. The van der Waals surface area contributed by atoms with E-state index in [1.165, 1.54) is 35.1 Å². The van der Waals surface area contributed by atoms with Crippen molar-refractivity contribution in [2.24, 2.45) is 0 Å². The highest BCUT2D eigenvalue weighted by atomic mass is 79.9. The van der Waals surface area contributed by atoms with Gasteiger partial charge in [0.15, 0.2) is 0 Å². The molecule has 0 saturated carbocycles. The van der Waals surface area contributed by atoms with Crippen molar-refractivity contribution in [1.29, 1.82) is 0 Å². The summed E-state index contributed by atoms with van der Waals surface area (Å²) >= 11 is 7.13. The Labute approximate surface area is 154 Å². The molecule has 0 fully saturated rings. The van der Waals surface area contributed by atoms with Crippen LogP contribution in [0.1, 0.15) is 32.1 Å². The first-order chi connectivity index (χ1) is 11.2. The van der Waals surface area contributed by atoms with Crippen molar-refractivity contribution in [2.45, 2.75) is 38.1 Å². The van der Waals surface area contributed by atoms with Crippen molar-refractivity contribution >= 4 is 37.5 Å². The number of anilines is 1. The van der Waals surface area contributed by atoms with Gasteiger partial charge in [0, 0.05) is 20.3 Å². The van der Waals surface area contributed by atoms with Gasteiger partial charge in [0.1, 0.15) is 0 Å². The summed E-state index contributed by atoms with van der Waals surface area (Å²) in [6, 6.07) is 9.11. The van der Waals surface area contributed by atoms with Crippen LogP contribution in [0.4, 0.5) is 5.69 Å². The number of benzene rings is 1. The maximum Gasteiger partial charge on any atom is 0.0557 e. The molecule has 0 amide bonds. The molecule has 0 N–H and O–H groups in total. The summed E-state index contributed by atoms with van der Waals surface area (Å²) in [6.45, 7) is 0. The fraction of sp³-hybridized carbons (Fsp3) is 0.300. The van der Waals surface area contributed by atoms with Gasteiger partial charge in [-0.1, -0.05) is 55.7 Å². The van der Waals surface area contributed by atoms with Gasteiger partial charge in [0.25, 0.3) is 0 Å².